The number of aromatic hydroxyl groups is 1. The molecule has 0 saturated carbocycles. The molecule has 0 aliphatic carbocycles. The van der Waals surface area contributed by atoms with Crippen molar-refractivity contribution in [3.05, 3.63) is 28.8 Å². The lowest BCUT2D eigenvalue weighted by Gasteiger charge is -2.09. The SMILES string of the molecule is Cc1cc(CNCCCOCCO)cc(C)c1O. The maximum Gasteiger partial charge on any atom is 0.121 e. The molecule has 3 N–H and O–H groups in total. The van der Waals surface area contributed by atoms with E-state index >= 15 is 0 Å². The fourth-order valence-corrected chi connectivity index (χ4v) is 1.85. The zero-order chi connectivity index (χ0) is 13.4. The van der Waals surface area contributed by atoms with Crippen LogP contribution in [0.25, 0.3) is 0 Å². The van der Waals surface area contributed by atoms with E-state index in [1.807, 2.05) is 26.0 Å². The van der Waals surface area contributed by atoms with Crippen LogP contribution in [0, 0.1) is 13.8 Å². The molecule has 0 heterocycles. The number of nitrogens with one attached hydrogen (secondary N) is 1. The number of benzene rings is 1. The number of ether oxygens (including phenoxy) is 1. The van der Waals surface area contributed by atoms with Crippen molar-refractivity contribution in [1.29, 1.82) is 0 Å². The third-order valence-electron chi connectivity index (χ3n) is 2.76. The Kier molecular flexibility index (Phi) is 6.72. The Morgan fingerprint density at radius 2 is 1.83 bits per heavy atom. The summed E-state index contributed by atoms with van der Waals surface area (Å²) in [5, 5.41) is 21.5. The lowest BCUT2D eigenvalue weighted by molar-refractivity contribution is 0.0907. The zero-order valence-electron chi connectivity index (χ0n) is 11.2. The molecular weight excluding hydrogens is 230 g/mol. The molecule has 0 spiro atoms. The third kappa shape index (κ3) is 5.04. The van der Waals surface area contributed by atoms with Crippen LogP contribution in [0.4, 0.5) is 0 Å². The molecular formula is C14H23NO3. The van der Waals surface area contributed by atoms with Crippen LogP contribution >= 0.6 is 0 Å². The molecule has 1 aromatic carbocycles. The maximum atomic E-state index is 9.67. The summed E-state index contributed by atoms with van der Waals surface area (Å²) in [5.41, 5.74) is 3.01. The summed E-state index contributed by atoms with van der Waals surface area (Å²) in [7, 11) is 0. The molecule has 0 aliphatic heterocycles. The molecule has 4 nitrogen and oxygen atoms in total. The predicted molar refractivity (Wildman–Crippen MR) is 71.8 cm³/mol. The average molecular weight is 253 g/mol. The standard InChI is InChI=1S/C14H23NO3/c1-11-8-13(9-12(2)14(11)17)10-15-4-3-6-18-7-5-16/h8-9,15-17H,3-7,10H2,1-2H3. The summed E-state index contributed by atoms with van der Waals surface area (Å²) < 4.78 is 5.17. The van der Waals surface area contributed by atoms with Gasteiger partial charge in [0.1, 0.15) is 5.75 Å². The molecule has 0 amide bonds. The van der Waals surface area contributed by atoms with Gasteiger partial charge in [-0.25, -0.2) is 0 Å². The molecule has 0 bridgehead atoms. The van der Waals surface area contributed by atoms with E-state index < -0.39 is 0 Å². The van der Waals surface area contributed by atoms with Gasteiger partial charge in [0, 0.05) is 13.2 Å². The van der Waals surface area contributed by atoms with Gasteiger partial charge in [-0.1, -0.05) is 12.1 Å². The quantitative estimate of drug-likeness (QED) is 0.614. The first-order chi connectivity index (χ1) is 8.65. The molecule has 1 aromatic rings. The first kappa shape index (κ1) is 15.0. The number of aryl methyl sites for hydroxylation is 2. The summed E-state index contributed by atoms with van der Waals surface area (Å²) in [6.45, 7) is 6.66. The Morgan fingerprint density at radius 1 is 1.17 bits per heavy atom. The van der Waals surface area contributed by atoms with Gasteiger partial charge in [-0.3, -0.25) is 0 Å². The summed E-state index contributed by atoms with van der Waals surface area (Å²) in [6.07, 6.45) is 0.927. The molecule has 102 valence electrons. The first-order valence-electron chi connectivity index (χ1n) is 6.33. The Balaban J connectivity index is 2.23. The highest BCUT2D eigenvalue weighted by molar-refractivity contribution is 5.42. The summed E-state index contributed by atoms with van der Waals surface area (Å²) in [4.78, 5) is 0. The molecule has 0 radical (unpaired) electrons. The van der Waals surface area contributed by atoms with E-state index in [1.54, 1.807) is 0 Å². The van der Waals surface area contributed by atoms with E-state index in [0.717, 1.165) is 30.6 Å². The topological polar surface area (TPSA) is 61.7 Å². The second kappa shape index (κ2) is 8.08. The first-order valence-corrected chi connectivity index (χ1v) is 6.33. The van der Waals surface area contributed by atoms with E-state index in [2.05, 4.69) is 5.32 Å². The van der Waals surface area contributed by atoms with Crippen molar-refractivity contribution in [1.82, 2.24) is 5.32 Å². The highest BCUT2D eigenvalue weighted by atomic mass is 16.5. The Labute approximate surface area is 109 Å². The molecule has 0 atom stereocenters. The van der Waals surface area contributed by atoms with Gasteiger partial charge in [0.25, 0.3) is 0 Å². The normalized spacial score (nSPS) is 10.8. The zero-order valence-corrected chi connectivity index (χ0v) is 11.2. The third-order valence-corrected chi connectivity index (χ3v) is 2.76. The smallest absolute Gasteiger partial charge is 0.121 e. The molecule has 0 aliphatic rings. The summed E-state index contributed by atoms with van der Waals surface area (Å²) in [5.74, 6) is 0.385. The van der Waals surface area contributed by atoms with E-state index in [-0.39, 0.29) is 6.61 Å². The average Bonchev–Trinajstić information content (AvgIpc) is 2.34. The van der Waals surface area contributed by atoms with Crippen molar-refractivity contribution >= 4 is 0 Å². The van der Waals surface area contributed by atoms with Gasteiger partial charge in [-0.05, 0) is 43.5 Å². The molecule has 0 fully saturated rings. The summed E-state index contributed by atoms with van der Waals surface area (Å²) in [6, 6.07) is 4.00. The van der Waals surface area contributed by atoms with Gasteiger partial charge in [0.15, 0.2) is 0 Å². The van der Waals surface area contributed by atoms with Crippen LogP contribution in [0.3, 0.4) is 0 Å². The fourth-order valence-electron chi connectivity index (χ4n) is 1.85. The van der Waals surface area contributed by atoms with Crippen LogP contribution in [-0.4, -0.2) is 36.6 Å². The number of rotatable bonds is 8. The van der Waals surface area contributed by atoms with Crippen molar-refractivity contribution in [2.75, 3.05) is 26.4 Å². The number of aliphatic hydroxyl groups is 1. The Morgan fingerprint density at radius 3 is 2.44 bits per heavy atom. The van der Waals surface area contributed by atoms with Crippen LogP contribution in [0.1, 0.15) is 23.1 Å². The van der Waals surface area contributed by atoms with Crippen molar-refractivity contribution in [2.45, 2.75) is 26.8 Å². The predicted octanol–water partition coefficient (Wildman–Crippen LogP) is 1.50. The van der Waals surface area contributed by atoms with Gasteiger partial charge >= 0.3 is 0 Å². The van der Waals surface area contributed by atoms with Crippen molar-refractivity contribution < 1.29 is 14.9 Å². The van der Waals surface area contributed by atoms with E-state index in [1.165, 1.54) is 5.56 Å². The van der Waals surface area contributed by atoms with E-state index in [4.69, 9.17) is 9.84 Å². The van der Waals surface area contributed by atoms with Crippen LogP contribution in [-0.2, 0) is 11.3 Å². The van der Waals surface area contributed by atoms with E-state index in [0.29, 0.717) is 19.0 Å². The monoisotopic (exact) mass is 253 g/mol. The minimum atomic E-state index is 0.0828. The maximum absolute atomic E-state index is 9.67. The molecule has 0 aromatic heterocycles. The van der Waals surface area contributed by atoms with Crippen LogP contribution in [0.5, 0.6) is 5.75 Å². The minimum Gasteiger partial charge on any atom is -0.507 e. The second-order valence-electron chi connectivity index (χ2n) is 4.44. The summed E-state index contributed by atoms with van der Waals surface area (Å²) >= 11 is 0. The second-order valence-corrected chi connectivity index (χ2v) is 4.44. The van der Waals surface area contributed by atoms with Crippen LogP contribution in [0.15, 0.2) is 12.1 Å². The lowest BCUT2D eigenvalue weighted by atomic mass is 10.1. The number of phenolic OH excluding ortho intramolecular Hbond substituents is 1. The molecule has 0 saturated heterocycles. The van der Waals surface area contributed by atoms with Gasteiger partial charge in [-0.15, -0.1) is 0 Å². The van der Waals surface area contributed by atoms with Gasteiger partial charge in [0.05, 0.1) is 13.2 Å². The van der Waals surface area contributed by atoms with Gasteiger partial charge in [-0.2, -0.15) is 0 Å². The lowest BCUT2D eigenvalue weighted by Crippen LogP contribution is -2.17. The Hall–Kier alpha value is -1.10. The van der Waals surface area contributed by atoms with Crippen molar-refractivity contribution in [3.8, 4) is 5.75 Å². The molecule has 1 rings (SSSR count). The van der Waals surface area contributed by atoms with Gasteiger partial charge < -0.3 is 20.3 Å². The molecule has 18 heavy (non-hydrogen) atoms. The van der Waals surface area contributed by atoms with Crippen molar-refractivity contribution in [2.24, 2.45) is 0 Å². The van der Waals surface area contributed by atoms with Gasteiger partial charge in [0.2, 0.25) is 0 Å². The minimum absolute atomic E-state index is 0.0828. The number of phenols is 1. The van der Waals surface area contributed by atoms with E-state index in [9.17, 15) is 5.11 Å². The number of hydrogen-bond donors (Lipinski definition) is 3. The number of hydrogen-bond acceptors (Lipinski definition) is 4. The molecule has 4 heteroatoms. The van der Waals surface area contributed by atoms with Crippen LogP contribution in [0.2, 0.25) is 0 Å². The highest BCUT2D eigenvalue weighted by Crippen LogP contribution is 2.22. The fraction of sp³-hybridized carbons (Fsp3) is 0.571. The van der Waals surface area contributed by atoms with Crippen LogP contribution < -0.4 is 5.32 Å². The highest BCUT2D eigenvalue weighted by Gasteiger charge is 2.02. The van der Waals surface area contributed by atoms with Crippen molar-refractivity contribution in [3.63, 3.8) is 0 Å². The molecule has 0 unspecified atom stereocenters. The number of aliphatic hydroxyl groups excluding tert-OH is 1. The Bertz CT molecular complexity index is 343. The largest absolute Gasteiger partial charge is 0.507 e.